The highest BCUT2D eigenvalue weighted by Gasteiger charge is 2.27. The molecule has 0 aliphatic rings. The lowest BCUT2D eigenvalue weighted by Gasteiger charge is -2.20. The predicted molar refractivity (Wildman–Crippen MR) is 84.9 cm³/mol. The number of hydrogen-bond acceptors (Lipinski definition) is 6. The number of benzene rings is 1. The molecular weight excluding hydrogens is 316 g/mol. The smallest absolute Gasteiger partial charge is 0.342 e. The van der Waals surface area contributed by atoms with Gasteiger partial charge in [0.15, 0.2) is 6.61 Å². The molecule has 0 unspecified atom stereocenters. The molecule has 0 aliphatic carbocycles. The number of carboxylic acid groups (broad SMARTS) is 1. The molecule has 1 aromatic carbocycles. The van der Waals surface area contributed by atoms with Gasteiger partial charge in [0.1, 0.15) is 24.5 Å². The number of hydrogen-bond donors (Lipinski definition) is 1. The van der Waals surface area contributed by atoms with Crippen molar-refractivity contribution < 1.29 is 33.7 Å². The van der Waals surface area contributed by atoms with Gasteiger partial charge in [0.05, 0.1) is 5.41 Å². The van der Waals surface area contributed by atoms with E-state index in [1.54, 1.807) is 26.0 Å². The molecule has 7 heteroatoms. The molecule has 0 amide bonds. The Kier molecular flexibility index (Phi) is 7.23. The van der Waals surface area contributed by atoms with Crippen LogP contribution < -0.4 is 4.74 Å². The molecule has 0 aliphatic heterocycles. The summed E-state index contributed by atoms with van der Waals surface area (Å²) in [6.07, 6.45) is 0.639. The highest BCUT2D eigenvalue weighted by molar-refractivity contribution is 5.92. The SMILES string of the molecule is CCC(C)(C)C(=O)OCCOC(=O)c1ccccc1OCC(=O)O. The minimum Gasteiger partial charge on any atom is -0.481 e. The van der Waals surface area contributed by atoms with E-state index in [0.29, 0.717) is 6.42 Å². The lowest BCUT2D eigenvalue weighted by Crippen LogP contribution is -2.27. The maximum absolute atomic E-state index is 12.0. The Morgan fingerprint density at radius 3 is 2.33 bits per heavy atom. The predicted octanol–water partition coefficient (Wildman–Crippen LogP) is 2.29. The van der Waals surface area contributed by atoms with Crippen molar-refractivity contribution in [3.05, 3.63) is 29.8 Å². The van der Waals surface area contributed by atoms with E-state index in [0.717, 1.165) is 0 Å². The minimum absolute atomic E-state index is 0.0495. The van der Waals surface area contributed by atoms with E-state index in [9.17, 15) is 14.4 Å². The second kappa shape index (κ2) is 8.90. The fraction of sp³-hybridized carbons (Fsp3) is 0.471. The molecule has 1 rings (SSSR count). The normalized spacial score (nSPS) is 10.8. The summed E-state index contributed by atoms with van der Waals surface area (Å²) < 4.78 is 15.1. The Morgan fingerprint density at radius 1 is 1.08 bits per heavy atom. The van der Waals surface area contributed by atoms with Crippen molar-refractivity contribution in [3.8, 4) is 5.75 Å². The Bertz CT molecular complexity index is 592. The molecule has 0 spiro atoms. The maximum atomic E-state index is 12.0. The zero-order valence-corrected chi connectivity index (χ0v) is 14.0. The van der Waals surface area contributed by atoms with Crippen LogP contribution in [-0.4, -0.2) is 42.8 Å². The van der Waals surface area contributed by atoms with Gasteiger partial charge in [-0.25, -0.2) is 9.59 Å². The quantitative estimate of drug-likeness (QED) is 0.544. The standard InChI is InChI=1S/C17H22O7/c1-4-17(2,3)16(21)23-10-9-22-15(20)12-7-5-6-8-13(12)24-11-14(18)19/h5-8H,4,9-11H2,1-3H3,(H,18,19). The van der Waals surface area contributed by atoms with Crippen LogP contribution in [0, 0.1) is 5.41 Å². The lowest BCUT2D eigenvalue weighted by atomic mass is 9.91. The van der Waals surface area contributed by atoms with E-state index >= 15 is 0 Å². The van der Waals surface area contributed by atoms with E-state index in [1.165, 1.54) is 12.1 Å². The average Bonchev–Trinajstić information content (AvgIpc) is 2.56. The van der Waals surface area contributed by atoms with Crippen LogP contribution in [0.1, 0.15) is 37.6 Å². The molecule has 132 valence electrons. The fourth-order valence-electron chi connectivity index (χ4n) is 1.59. The van der Waals surface area contributed by atoms with Crippen LogP contribution in [0.4, 0.5) is 0 Å². The van der Waals surface area contributed by atoms with E-state index < -0.39 is 24.0 Å². The molecule has 0 aromatic heterocycles. The summed E-state index contributed by atoms with van der Waals surface area (Å²) in [6.45, 7) is 4.72. The number of esters is 2. The summed E-state index contributed by atoms with van der Waals surface area (Å²) in [4.78, 5) is 34.3. The number of ether oxygens (including phenoxy) is 3. The molecule has 0 radical (unpaired) electrons. The second-order valence-corrected chi connectivity index (χ2v) is 5.69. The molecule has 7 nitrogen and oxygen atoms in total. The van der Waals surface area contributed by atoms with Crippen molar-refractivity contribution in [2.75, 3.05) is 19.8 Å². The van der Waals surface area contributed by atoms with Crippen LogP contribution in [0.5, 0.6) is 5.75 Å². The summed E-state index contributed by atoms with van der Waals surface area (Å²) in [5, 5.41) is 8.63. The monoisotopic (exact) mass is 338 g/mol. The van der Waals surface area contributed by atoms with Gasteiger partial charge < -0.3 is 19.3 Å². The third kappa shape index (κ3) is 5.91. The number of aliphatic carboxylic acids is 1. The molecule has 1 N–H and O–H groups in total. The van der Waals surface area contributed by atoms with Crippen molar-refractivity contribution >= 4 is 17.9 Å². The zero-order chi connectivity index (χ0) is 18.2. The molecule has 0 bridgehead atoms. The Morgan fingerprint density at radius 2 is 1.71 bits per heavy atom. The second-order valence-electron chi connectivity index (χ2n) is 5.69. The first-order valence-electron chi connectivity index (χ1n) is 7.56. The van der Waals surface area contributed by atoms with Crippen molar-refractivity contribution in [2.24, 2.45) is 5.41 Å². The Hall–Kier alpha value is -2.57. The van der Waals surface area contributed by atoms with E-state index in [1.807, 2.05) is 6.92 Å². The topological polar surface area (TPSA) is 99.1 Å². The average molecular weight is 338 g/mol. The molecule has 0 fully saturated rings. The minimum atomic E-state index is -1.15. The van der Waals surface area contributed by atoms with E-state index in [4.69, 9.17) is 19.3 Å². The van der Waals surface area contributed by atoms with Crippen LogP contribution >= 0.6 is 0 Å². The van der Waals surface area contributed by atoms with Gasteiger partial charge in [0.25, 0.3) is 0 Å². The van der Waals surface area contributed by atoms with Gasteiger partial charge in [0.2, 0.25) is 0 Å². The van der Waals surface area contributed by atoms with E-state index in [-0.39, 0.29) is 30.5 Å². The highest BCUT2D eigenvalue weighted by atomic mass is 16.6. The van der Waals surface area contributed by atoms with Gasteiger partial charge in [-0.2, -0.15) is 0 Å². The fourth-order valence-corrected chi connectivity index (χ4v) is 1.59. The molecule has 24 heavy (non-hydrogen) atoms. The number of carbonyl (C=O) groups is 3. The maximum Gasteiger partial charge on any atom is 0.342 e. The number of carboxylic acids is 1. The third-order valence-corrected chi connectivity index (χ3v) is 3.44. The van der Waals surface area contributed by atoms with Crippen LogP contribution in [0.25, 0.3) is 0 Å². The molecular formula is C17H22O7. The number of rotatable bonds is 9. The highest BCUT2D eigenvalue weighted by Crippen LogP contribution is 2.21. The summed E-state index contributed by atoms with van der Waals surface area (Å²) >= 11 is 0. The molecule has 0 heterocycles. The van der Waals surface area contributed by atoms with Gasteiger partial charge in [-0.05, 0) is 32.4 Å². The molecule has 1 aromatic rings. The first-order valence-corrected chi connectivity index (χ1v) is 7.56. The van der Waals surface area contributed by atoms with Crippen LogP contribution in [0.15, 0.2) is 24.3 Å². The zero-order valence-electron chi connectivity index (χ0n) is 14.0. The summed E-state index contributed by atoms with van der Waals surface area (Å²) in [6, 6.07) is 6.16. The van der Waals surface area contributed by atoms with Crippen molar-refractivity contribution in [1.82, 2.24) is 0 Å². The lowest BCUT2D eigenvalue weighted by molar-refractivity contribution is -0.155. The van der Waals surface area contributed by atoms with Gasteiger partial charge >= 0.3 is 17.9 Å². The molecule has 0 saturated heterocycles. The van der Waals surface area contributed by atoms with Gasteiger partial charge in [-0.1, -0.05) is 19.1 Å². The van der Waals surface area contributed by atoms with Crippen molar-refractivity contribution in [3.63, 3.8) is 0 Å². The molecule has 0 saturated carbocycles. The first-order chi connectivity index (χ1) is 11.3. The number of para-hydroxylation sites is 1. The summed E-state index contributed by atoms with van der Waals surface area (Å²) in [5.41, 5.74) is -0.472. The van der Waals surface area contributed by atoms with Gasteiger partial charge in [-0.3, -0.25) is 4.79 Å². The summed E-state index contributed by atoms with van der Waals surface area (Å²) in [7, 11) is 0. The number of carbonyl (C=O) groups excluding carboxylic acids is 2. The van der Waals surface area contributed by atoms with Crippen LogP contribution in [0.3, 0.4) is 0 Å². The van der Waals surface area contributed by atoms with Crippen molar-refractivity contribution in [2.45, 2.75) is 27.2 Å². The van der Waals surface area contributed by atoms with Gasteiger partial charge in [-0.15, -0.1) is 0 Å². The van der Waals surface area contributed by atoms with Crippen molar-refractivity contribution in [1.29, 1.82) is 0 Å². The Balaban J connectivity index is 2.51. The molecule has 0 atom stereocenters. The first kappa shape index (κ1) is 19.5. The van der Waals surface area contributed by atoms with Gasteiger partial charge in [0, 0.05) is 0 Å². The van der Waals surface area contributed by atoms with Crippen LogP contribution in [-0.2, 0) is 19.1 Å². The van der Waals surface area contributed by atoms with Crippen LogP contribution in [0.2, 0.25) is 0 Å². The summed E-state index contributed by atoms with van der Waals surface area (Å²) in [5.74, 6) is -2.06. The Labute approximate surface area is 140 Å². The third-order valence-electron chi connectivity index (χ3n) is 3.44. The largest absolute Gasteiger partial charge is 0.481 e. The van der Waals surface area contributed by atoms with E-state index in [2.05, 4.69) is 0 Å².